The molecule has 2 rings (SSSR count). The predicted molar refractivity (Wildman–Crippen MR) is 80.0 cm³/mol. The molecular weight excluding hydrogens is 298 g/mol. The Hall–Kier alpha value is -1.72. The van der Waals surface area contributed by atoms with Crippen molar-refractivity contribution in [3.63, 3.8) is 0 Å². The number of hydrogen-bond donors (Lipinski definition) is 0. The predicted octanol–water partition coefficient (Wildman–Crippen LogP) is 3.17. The molecule has 20 heavy (non-hydrogen) atoms. The molecule has 0 bridgehead atoms. The zero-order valence-corrected chi connectivity index (χ0v) is 12.6. The van der Waals surface area contributed by atoms with Crippen LogP contribution in [0.3, 0.4) is 0 Å². The highest BCUT2D eigenvalue weighted by molar-refractivity contribution is 7.93. The number of hydrogen-bond acceptors (Lipinski definition) is 3. The molecule has 0 aliphatic rings. The van der Waals surface area contributed by atoms with E-state index < -0.39 is 10.0 Å². The highest BCUT2D eigenvalue weighted by atomic mass is 35.5. The van der Waals surface area contributed by atoms with Gasteiger partial charge in [0, 0.05) is 13.1 Å². The number of benzene rings is 2. The lowest BCUT2D eigenvalue weighted by molar-refractivity contribution is 0.414. The van der Waals surface area contributed by atoms with Crippen molar-refractivity contribution in [1.29, 1.82) is 0 Å². The maximum absolute atomic E-state index is 12.6. The number of methoxy groups -OCH3 is 1. The molecule has 0 N–H and O–H groups in total. The van der Waals surface area contributed by atoms with Crippen molar-refractivity contribution >= 4 is 27.3 Å². The first-order chi connectivity index (χ1) is 9.46. The lowest BCUT2D eigenvalue weighted by atomic mass is 10.3. The first kappa shape index (κ1) is 14.7. The van der Waals surface area contributed by atoms with Crippen molar-refractivity contribution in [3.05, 3.63) is 53.6 Å². The van der Waals surface area contributed by atoms with Gasteiger partial charge in [0.05, 0.1) is 17.8 Å². The van der Waals surface area contributed by atoms with Gasteiger partial charge in [-0.05, 0) is 24.3 Å². The van der Waals surface area contributed by atoms with Gasteiger partial charge in [0.15, 0.2) is 0 Å². The fourth-order valence-electron chi connectivity index (χ4n) is 1.74. The van der Waals surface area contributed by atoms with Gasteiger partial charge in [-0.1, -0.05) is 29.8 Å². The molecule has 0 atom stereocenters. The van der Waals surface area contributed by atoms with Gasteiger partial charge in [-0.15, -0.1) is 0 Å². The second-order valence-corrected chi connectivity index (χ2v) is 6.45. The molecule has 0 fully saturated rings. The molecule has 0 saturated carbocycles. The summed E-state index contributed by atoms with van der Waals surface area (Å²) >= 11 is 6.04. The summed E-state index contributed by atoms with van der Waals surface area (Å²) < 4.78 is 31.3. The number of sulfonamides is 1. The highest BCUT2D eigenvalue weighted by Crippen LogP contribution is 2.30. The lowest BCUT2D eigenvalue weighted by Gasteiger charge is -2.20. The van der Waals surface area contributed by atoms with Crippen LogP contribution in [0.2, 0.25) is 5.02 Å². The SMILES string of the molecule is COc1ccc(S(=O)(=O)N(C)c2ccccc2)c(Cl)c1. The number of ether oxygens (including phenoxy) is 1. The van der Waals surface area contributed by atoms with E-state index in [9.17, 15) is 8.42 Å². The van der Waals surface area contributed by atoms with Gasteiger partial charge in [0.2, 0.25) is 0 Å². The van der Waals surface area contributed by atoms with Crippen LogP contribution in [-0.2, 0) is 10.0 Å². The Morgan fingerprint density at radius 2 is 1.75 bits per heavy atom. The van der Waals surface area contributed by atoms with E-state index in [4.69, 9.17) is 16.3 Å². The highest BCUT2D eigenvalue weighted by Gasteiger charge is 2.24. The molecular formula is C14H14ClNO3S. The molecule has 0 aliphatic heterocycles. The molecule has 2 aromatic rings. The monoisotopic (exact) mass is 311 g/mol. The smallest absolute Gasteiger partial charge is 0.265 e. The van der Waals surface area contributed by atoms with Crippen LogP contribution in [0.15, 0.2) is 53.4 Å². The molecule has 0 saturated heterocycles. The zero-order chi connectivity index (χ0) is 14.8. The number of para-hydroxylation sites is 1. The van der Waals surface area contributed by atoms with Crippen LogP contribution in [0, 0.1) is 0 Å². The molecule has 0 heterocycles. The summed E-state index contributed by atoms with van der Waals surface area (Å²) in [5.41, 5.74) is 0.569. The first-order valence-corrected chi connectivity index (χ1v) is 7.66. The summed E-state index contributed by atoms with van der Waals surface area (Å²) in [4.78, 5) is 0.0475. The summed E-state index contributed by atoms with van der Waals surface area (Å²) in [6.07, 6.45) is 0. The lowest BCUT2D eigenvalue weighted by Crippen LogP contribution is -2.26. The second kappa shape index (κ2) is 5.73. The Bertz CT molecular complexity index is 702. The van der Waals surface area contributed by atoms with Crippen molar-refractivity contribution in [2.75, 3.05) is 18.5 Å². The first-order valence-electron chi connectivity index (χ1n) is 5.84. The van der Waals surface area contributed by atoms with Crippen LogP contribution in [0.5, 0.6) is 5.75 Å². The molecule has 2 aromatic carbocycles. The summed E-state index contributed by atoms with van der Waals surface area (Å²) in [6.45, 7) is 0. The Morgan fingerprint density at radius 3 is 2.30 bits per heavy atom. The molecule has 4 nitrogen and oxygen atoms in total. The molecule has 0 radical (unpaired) electrons. The van der Waals surface area contributed by atoms with Crippen LogP contribution in [0.1, 0.15) is 0 Å². The minimum atomic E-state index is -3.70. The second-order valence-electron chi connectivity index (χ2n) is 4.10. The number of rotatable bonds is 4. The van der Waals surface area contributed by atoms with Crippen LogP contribution in [0.25, 0.3) is 0 Å². The molecule has 0 spiro atoms. The Kier molecular flexibility index (Phi) is 4.20. The van der Waals surface area contributed by atoms with E-state index in [1.807, 2.05) is 6.07 Å². The molecule has 0 unspecified atom stereocenters. The third-order valence-electron chi connectivity index (χ3n) is 2.90. The molecule has 0 aliphatic carbocycles. The van der Waals surface area contributed by atoms with Gasteiger partial charge in [-0.3, -0.25) is 4.31 Å². The van der Waals surface area contributed by atoms with E-state index in [1.54, 1.807) is 30.3 Å². The molecule has 6 heteroatoms. The summed E-state index contributed by atoms with van der Waals surface area (Å²) in [5.74, 6) is 0.510. The van der Waals surface area contributed by atoms with Crippen molar-refractivity contribution < 1.29 is 13.2 Å². The van der Waals surface area contributed by atoms with Gasteiger partial charge in [0.25, 0.3) is 10.0 Å². The summed E-state index contributed by atoms with van der Waals surface area (Å²) in [5, 5.41) is 0.132. The van der Waals surface area contributed by atoms with E-state index in [-0.39, 0.29) is 9.92 Å². The number of anilines is 1. The van der Waals surface area contributed by atoms with Crippen LogP contribution in [-0.4, -0.2) is 22.6 Å². The molecule has 0 aromatic heterocycles. The van der Waals surface area contributed by atoms with E-state index in [2.05, 4.69) is 0 Å². The van der Waals surface area contributed by atoms with Crippen LogP contribution < -0.4 is 9.04 Å². The normalized spacial score (nSPS) is 11.2. The van der Waals surface area contributed by atoms with Gasteiger partial charge in [-0.2, -0.15) is 0 Å². The topological polar surface area (TPSA) is 46.6 Å². The standard InChI is InChI=1S/C14H14ClNO3S/c1-16(11-6-4-3-5-7-11)20(17,18)14-9-8-12(19-2)10-13(14)15/h3-10H,1-2H3. The van der Waals surface area contributed by atoms with E-state index in [1.165, 1.54) is 30.6 Å². The fraction of sp³-hybridized carbons (Fsp3) is 0.143. The molecule has 0 amide bonds. The summed E-state index contributed by atoms with van der Waals surface area (Å²) in [6, 6.07) is 13.3. The maximum Gasteiger partial charge on any atom is 0.265 e. The quantitative estimate of drug-likeness (QED) is 0.871. The minimum absolute atomic E-state index is 0.0475. The van der Waals surface area contributed by atoms with Crippen molar-refractivity contribution in [1.82, 2.24) is 0 Å². The van der Waals surface area contributed by atoms with Crippen molar-refractivity contribution in [3.8, 4) is 5.75 Å². The van der Waals surface area contributed by atoms with E-state index in [0.717, 1.165) is 0 Å². The third kappa shape index (κ3) is 2.73. The van der Waals surface area contributed by atoms with Crippen molar-refractivity contribution in [2.45, 2.75) is 4.90 Å². The largest absolute Gasteiger partial charge is 0.497 e. The van der Waals surface area contributed by atoms with Crippen LogP contribution in [0.4, 0.5) is 5.69 Å². The summed E-state index contributed by atoms with van der Waals surface area (Å²) in [7, 11) is -0.715. The van der Waals surface area contributed by atoms with Gasteiger partial charge in [0.1, 0.15) is 10.6 Å². The third-order valence-corrected chi connectivity index (χ3v) is 5.17. The van der Waals surface area contributed by atoms with E-state index in [0.29, 0.717) is 11.4 Å². The van der Waals surface area contributed by atoms with Gasteiger partial charge < -0.3 is 4.74 Å². The Balaban J connectivity index is 2.45. The van der Waals surface area contributed by atoms with Crippen LogP contribution >= 0.6 is 11.6 Å². The number of halogens is 1. The van der Waals surface area contributed by atoms with Gasteiger partial charge >= 0.3 is 0 Å². The minimum Gasteiger partial charge on any atom is -0.497 e. The van der Waals surface area contributed by atoms with Crippen molar-refractivity contribution in [2.24, 2.45) is 0 Å². The maximum atomic E-state index is 12.6. The van der Waals surface area contributed by atoms with E-state index >= 15 is 0 Å². The Morgan fingerprint density at radius 1 is 1.10 bits per heavy atom. The molecule has 106 valence electrons. The fourth-order valence-corrected chi connectivity index (χ4v) is 3.44. The number of nitrogens with zero attached hydrogens (tertiary/aromatic N) is 1. The zero-order valence-electron chi connectivity index (χ0n) is 11.1. The van der Waals surface area contributed by atoms with Gasteiger partial charge in [-0.25, -0.2) is 8.42 Å². The Labute approximate surface area is 123 Å². The average Bonchev–Trinajstić information content (AvgIpc) is 2.46. The average molecular weight is 312 g/mol.